The van der Waals surface area contributed by atoms with Gasteiger partial charge in [-0.2, -0.15) is 0 Å². The minimum atomic E-state index is -0.0677. The van der Waals surface area contributed by atoms with Gasteiger partial charge in [0.15, 0.2) is 0 Å². The fraction of sp³-hybridized carbons (Fsp3) is 0.333. The van der Waals surface area contributed by atoms with Gasteiger partial charge >= 0.3 is 0 Å². The highest BCUT2D eigenvalue weighted by molar-refractivity contribution is 5.81. The molecule has 4 N–H and O–H groups in total. The summed E-state index contributed by atoms with van der Waals surface area (Å²) < 4.78 is 4.00. The molecule has 33 heavy (non-hydrogen) atoms. The lowest BCUT2D eigenvalue weighted by molar-refractivity contribution is 0.388. The van der Waals surface area contributed by atoms with Crippen LogP contribution in [0.5, 0.6) is 0 Å². The van der Waals surface area contributed by atoms with E-state index in [1.165, 1.54) is 22.3 Å². The molecule has 170 valence electrons. The first kappa shape index (κ1) is 21.6. The summed E-state index contributed by atoms with van der Waals surface area (Å²) in [4.78, 5) is 9.22. The smallest absolute Gasteiger partial charge is 0.0967 e. The molecule has 0 amide bonds. The Morgan fingerprint density at radius 3 is 1.52 bits per heavy atom. The van der Waals surface area contributed by atoms with Crippen molar-refractivity contribution in [2.75, 3.05) is 0 Å². The maximum absolute atomic E-state index is 6.28. The van der Waals surface area contributed by atoms with Gasteiger partial charge in [0.05, 0.1) is 36.4 Å². The number of nitrogens with two attached hydrogens (primary N) is 2. The van der Waals surface area contributed by atoms with Gasteiger partial charge in [-0.05, 0) is 52.6 Å². The van der Waals surface area contributed by atoms with E-state index in [0.29, 0.717) is 11.8 Å². The van der Waals surface area contributed by atoms with Crippen LogP contribution < -0.4 is 11.5 Å². The molecule has 0 spiro atoms. The molecule has 0 radical (unpaired) electrons. The van der Waals surface area contributed by atoms with Crippen LogP contribution in [0.2, 0.25) is 0 Å². The summed E-state index contributed by atoms with van der Waals surface area (Å²) in [6.45, 7) is 8.48. The zero-order chi connectivity index (χ0) is 23.3. The molecule has 0 saturated heterocycles. The predicted molar refractivity (Wildman–Crippen MR) is 133 cm³/mol. The van der Waals surface area contributed by atoms with E-state index in [1.54, 1.807) is 0 Å². The van der Waals surface area contributed by atoms with Crippen molar-refractivity contribution in [3.05, 3.63) is 72.6 Å². The maximum Gasteiger partial charge on any atom is 0.0967 e. The fourth-order valence-corrected chi connectivity index (χ4v) is 4.52. The third kappa shape index (κ3) is 3.90. The van der Waals surface area contributed by atoms with Crippen LogP contribution in [0, 0.1) is 11.8 Å². The molecule has 1 aliphatic carbocycles. The number of hydrogen-bond donors (Lipinski definition) is 2. The molecule has 2 aromatic carbocycles. The van der Waals surface area contributed by atoms with Crippen LogP contribution in [0.25, 0.3) is 33.6 Å². The third-order valence-corrected chi connectivity index (χ3v) is 6.73. The number of nitrogens with zero attached hydrogens (tertiary/aromatic N) is 4. The summed E-state index contributed by atoms with van der Waals surface area (Å²) in [6, 6.07) is 13.3. The molecule has 4 aromatic rings. The Morgan fingerprint density at radius 2 is 1.12 bits per heavy atom. The zero-order valence-corrected chi connectivity index (χ0v) is 19.7. The van der Waals surface area contributed by atoms with E-state index in [2.05, 4.69) is 74.1 Å². The molecule has 1 aliphatic rings. The summed E-state index contributed by atoms with van der Waals surface area (Å²) in [5, 5.41) is 0. The minimum Gasteiger partial charge on any atom is -0.321 e. The first-order valence-corrected chi connectivity index (χ1v) is 11.7. The highest BCUT2D eigenvalue weighted by atomic mass is 15.1. The number of benzene rings is 2. The summed E-state index contributed by atoms with van der Waals surface area (Å²) in [7, 11) is 0. The Hall–Kier alpha value is -3.22. The number of fused-ring (bicyclic) bond motifs is 3. The second-order valence-corrected chi connectivity index (χ2v) is 9.80. The van der Waals surface area contributed by atoms with E-state index in [1.807, 2.05) is 34.2 Å². The Kier molecular flexibility index (Phi) is 5.43. The van der Waals surface area contributed by atoms with Gasteiger partial charge in [0.2, 0.25) is 0 Å². The van der Waals surface area contributed by atoms with Crippen molar-refractivity contribution in [2.45, 2.75) is 46.4 Å². The second kappa shape index (κ2) is 8.28. The molecule has 6 heteroatoms. The van der Waals surface area contributed by atoms with Gasteiger partial charge < -0.3 is 20.6 Å². The van der Waals surface area contributed by atoms with E-state index in [4.69, 9.17) is 11.5 Å². The molecular formula is C27H32N6. The van der Waals surface area contributed by atoms with Crippen LogP contribution in [0.1, 0.15) is 51.2 Å². The van der Waals surface area contributed by atoms with Crippen LogP contribution >= 0.6 is 0 Å². The van der Waals surface area contributed by atoms with Crippen LogP contribution in [0.3, 0.4) is 0 Å². The van der Waals surface area contributed by atoms with Gasteiger partial charge in [0, 0.05) is 23.5 Å². The molecule has 0 fully saturated rings. The average Bonchev–Trinajstić information content (AvgIpc) is 3.55. The largest absolute Gasteiger partial charge is 0.321 e. The van der Waals surface area contributed by atoms with Crippen molar-refractivity contribution in [2.24, 2.45) is 23.3 Å². The van der Waals surface area contributed by atoms with E-state index in [9.17, 15) is 0 Å². The van der Waals surface area contributed by atoms with E-state index >= 15 is 0 Å². The van der Waals surface area contributed by atoms with Crippen molar-refractivity contribution < 1.29 is 0 Å². The lowest BCUT2D eigenvalue weighted by atomic mass is 10.0. The van der Waals surface area contributed by atoms with Crippen LogP contribution in [0.15, 0.2) is 61.4 Å². The predicted octanol–water partition coefficient (Wildman–Crippen LogP) is 5.21. The minimum absolute atomic E-state index is 0.0677. The summed E-state index contributed by atoms with van der Waals surface area (Å²) in [6.07, 6.45) is 8.53. The van der Waals surface area contributed by atoms with Gasteiger partial charge in [-0.3, -0.25) is 0 Å². The van der Waals surface area contributed by atoms with Gasteiger partial charge in [-0.1, -0.05) is 52.0 Å². The van der Waals surface area contributed by atoms with E-state index in [0.717, 1.165) is 28.9 Å². The molecule has 2 heterocycles. The number of aromatic nitrogens is 4. The van der Waals surface area contributed by atoms with E-state index < -0.39 is 0 Å². The highest BCUT2D eigenvalue weighted by Crippen LogP contribution is 2.40. The quantitative estimate of drug-likeness (QED) is 0.379. The van der Waals surface area contributed by atoms with Crippen molar-refractivity contribution in [3.8, 4) is 33.6 Å². The van der Waals surface area contributed by atoms with Crippen LogP contribution in [-0.2, 0) is 6.42 Å². The van der Waals surface area contributed by atoms with Gasteiger partial charge in [-0.15, -0.1) is 0 Å². The molecule has 2 atom stereocenters. The first-order chi connectivity index (χ1) is 15.8. The summed E-state index contributed by atoms with van der Waals surface area (Å²) >= 11 is 0. The first-order valence-electron chi connectivity index (χ1n) is 11.7. The van der Waals surface area contributed by atoms with Crippen molar-refractivity contribution in [1.29, 1.82) is 0 Å². The molecule has 0 saturated carbocycles. The Labute approximate surface area is 195 Å². The number of hydrogen-bond acceptors (Lipinski definition) is 4. The van der Waals surface area contributed by atoms with Crippen molar-refractivity contribution in [3.63, 3.8) is 0 Å². The highest BCUT2D eigenvalue weighted by Gasteiger charge is 2.21. The monoisotopic (exact) mass is 440 g/mol. The molecule has 0 bridgehead atoms. The summed E-state index contributed by atoms with van der Waals surface area (Å²) in [5.74, 6) is 0.701. The molecular weight excluding hydrogens is 408 g/mol. The van der Waals surface area contributed by atoms with Crippen molar-refractivity contribution >= 4 is 0 Å². The van der Waals surface area contributed by atoms with E-state index in [-0.39, 0.29) is 12.3 Å². The molecule has 0 unspecified atom stereocenters. The lowest BCUT2D eigenvalue weighted by Gasteiger charge is -2.16. The van der Waals surface area contributed by atoms with Crippen LogP contribution in [0.4, 0.5) is 0 Å². The van der Waals surface area contributed by atoms with Crippen molar-refractivity contribution in [1.82, 2.24) is 19.1 Å². The molecule has 6 nitrogen and oxygen atoms in total. The average molecular weight is 441 g/mol. The topological polar surface area (TPSA) is 87.7 Å². The SMILES string of the molecule is CC(C)[C@@H](N)n1cnc(-c2ccc3c(c2)Cc2cc(-c4cn([C@H](N)C(C)C)cn4)ccc2-3)c1. The molecule has 0 aliphatic heterocycles. The zero-order valence-electron chi connectivity index (χ0n) is 19.7. The molecule has 2 aromatic heterocycles. The second-order valence-electron chi connectivity index (χ2n) is 9.80. The maximum atomic E-state index is 6.28. The van der Waals surface area contributed by atoms with Gasteiger partial charge in [-0.25, -0.2) is 9.97 Å². The summed E-state index contributed by atoms with van der Waals surface area (Å²) in [5.41, 5.74) is 22.0. The third-order valence-electron chi connectivity index (χ3n) is 6.73. The fourth-order valence-electron chi connectivity index (χ4n) is 4.52. The Balaban J connectivity index is 1.41. The normalized spacial score (nSPS) is 14.5. The lowest BCUT2D eigenvalue weighted by Crippen LogP contribution is -2.22. The van der Waals surface area contributed by atoms with Crippen LogP contribution in [-0.4, -0.2) is 19.1 Å². The standard InChI is InChI=1S/C27H32N6/c1-16(2)26(28)32-12-24(30-14-32)18-5-7-22-20(9-18)11-21-10-19(6-8-23(21)22)25-13-33(15-31-25)27(29)17(3)4/h5-10,12-17,26-27H,11,28-29H2,1-4H3/t26-,27-/m0/s1. The Bertz CT molecular complexity index is 1200. The van der Waals surface area contributed by atoms with Gasteiger partial charge in [0.25, 0.3) is 0 Å². The molecule has 5 rings (SSSR count). The Morgan fingerprint density at radius 1 is 0.697 bits per heavy atom. The van der Waals surface area contributed by atoms with Gasteiger partial charge in [0.1, 0.15) is 0 Å². The number of rotatable bonds is 6. The number of imidazole rings is 2.